The molecule has 116 valence electrons. The molecule has 0 aliphatic heterocycles. The van der Waals surface area contributed by atoms with Gasteiger partial charge in [-0.2, -0.15) is 0 Å². The summed E-state index contributed by atoms with van der Waals surface area (Å²) >= 11 is 0. The zero-order valence-corrected chi connectivity index (χ0v) is 13.6. The van der Waals surface area contributed by atoms with Gasteiger partial charge in [0.15, 0.2) is 0 Å². The fraction of sp³-hybridized carbons (Fsp3) is 0.556. The molecule has 0 amide bonds. The van der Waals surface area contributed by atoms with Gasteiger partial charge in [-0.15, -0.1) is 0 Å². The minimum Gasteiger partial charge on any atom is -0.383 e. The molecule has 1 aromatic carbocycles. The number of para-hydroxylation sites is 1. The maximum Gasteiger partial charge on any atom is 0.0641 e. The molecule has 0 saturated heterocycles. The minimum absolute atomic E-state index is 0.723. The van der Waals surface area contributed by atoms with Gasteiger partial charge in [-0.3, -0.25) is 0 Å². The van der Waals surface area contributed by atoms with Crippen molar-refractivity contribution in [2.75, 3.05) is 26.8 Å². The average molecular weight is 288 g/mol. The third-order valence-electron chi connectivity index (χ3n) is 3.76. The van der Waals surface area contributed by atoms with Gasteiger partial charge in [-0.25, -0.2) is 0 Å². The quantitative estimate of drug-likeness (QED) is 0.715. The number of nitrogens with zero attached hydrogens (tertiary/aromatic N) is 1. The summed E-state index contributed by atoms with van der Waals surface area (Å²) in [7, 11) is 1.76. The predicted molar refractivity (Wildman–Crippen MR) is 89.8 cm³/mol. The Hall–Kier alpha value is -1.32. The smallest absolute Gasteiger partial charge is 0.0641 e. The maximum absolute atomic E-state index is 5.21. The van der Waals surface area contributed by atoms with E-state index in [1.807, 2.05) is 0 Å². The van der Waals surface area contributed by atoms with E-state index in [0.29, 0.717) is 0 Å². The van der Waals surface area contributed by atoms with Crippen molar-refractivity contribution in [1.82, 2.24) is 9.88 Å². The van der Waals surface area contributed by atoms with Gasteiger partial charge in [0.2, 0.25) is 0 Å². The molecule has 0 saturated carbocycles. The topological polar surface area (TPSA) is 26.2 Å². The summed E-state index contributed by atoms with van der Waals surface area (Å²) in [6, 6.07) is 8.67. The van der Waals surface area contributed by atoms with Crippen LogP contribution < -0.4 is 5.32 Å². The molecule has 0 radical (unpaired) electrons. The first-order chi connectivity index (χ1) is 10.2. The zero-order chi connectivity index (χ0) is 15.1. The fourth-order valence-electron chi connectivity index (χ4n) is 2.69. The summed E-state index contributed by atoms with van der Waals surface area (Å²) < 4.78 is 7.52. The second kappa shape index (κ2) is 8.20. The van der Waals surface area contributed by atoms with Crippen LogP contribution in [0, 0.1) is 5.92 Å². The van der Waals surface area contributed by atoms with Gasteiger partial charge in [-0.05, 0) is 43.5 Å². The van der Waals surface area contributed by atoms with Crippen molar-refractivity contribution < 1.29 is 4.74 Å². The van der Waals surface area contributed by atoms with Gasteiger partial charge in [0.25, 0.3) is 0 Å². The van der Waals surface area contributed by atoms with Gasteiger partial charge >= 0.3 is 0 Å². The van der Waals surface area contributed by atoms with E-state index in [0.717, 1.165) is 38.6 Å². The normalized spacial score (nSPS) is 11.6. The number of nitrogens with one attached hydrogen (secondary N) is 1. The molecule has 0 atom stereocenters. The molecule has 2 rings (SSSR count). The van der Waals surface area contributed by atoms with Crippen LogP contribution in [0.5, 0.6) is 0 Å². The molecule has 3 heteroatoms. The highest BCUT2D eigenvalue weighted by Crippen LogP contribution is 2.22. The van der Waals surface area contributed by atoms with Crippen molar-refractivity contribution in [2.24, 2.45) is 5.92 Å². The SMILES string of the molecule is COCCn1cc(CCCNCC(C)C)c2ccccc21. The second-order valence-electron chi connectivity index (χ2n) is 6.06. The van der Waals surface area contributed by atoms with E-state index >= 15 is 0 Å². The molecule has 0 aliphatic carbocycles. The van der Waals surface area contributed by atoms with Crippen molar-refractivity contribution in [1.29, 1.82) is 0 Å². The lowest BCUT2D eigenvalue weighted by Crippen LogP contribution is -2.21. The Morgan fingerprint density at radius 2 is 2.05 bits per heavy atom. The van der Waals surface area contributed by atoms with E-state index in [-0.39, 0.29) is 0 Å². The average Bonchev–Trinajstić information content (AvgIpc) is 2.83. The largest absolute Gasteiger partial charge is 0.383 e. The Balaban J connectivity index is 1.98. The molecule has 2 aromatic rings. The molecule has 1 N–H and O–H groups in total. The molecular formula is C18H28N2O. The van der Waals surface area contributed by atoms with E-state index in [2.05, 4.69) is 54.2 Å². The van der Waals surface area contributed by atoms with E-state index < -0.39 is 0 Å². The molecule has 0 aliphatic rings. The Morgan fingerprint density at radius 1 is 1.24 bits per heavy atom. The van der Waals surface area contributed by atoms with Crippen LogP contribution in [-0.2, 0) is 17.7 Å². The predicted octanol–water partition coefficient (Wildman–Crippen LogP) is 3.47. The van der Waals surface area contributed by atoms with Crippen LogP contribution in [0.1, 0.15) is 25.8 Å². The van der Waals surface area contributed by atoms with Gasteiger partial charge in [0, 0.05) is 30.8 Å². The molecule has 0 fully saturated rings. The highest BCUT2D eigenvalue weighted by atomic mass is 16.5. The Kier molecular flexibility index (Phi) is 6.27. The summed E-state index contributed by atoms with van der Waals surface area (Å²) in [6.45, 7) is 8.37. The first-order valence-corrected chi connectivity index (χ1v) is 7.98. The number of benzene rings is 1. The van der Waals surface area contributed by atoms with Crippen LogP contribution in [-0.4, -0.2) is 31.4 Å². The van der Waals surface area contributed by atoms with Crippen LogP contribution in [0.4, 0.5) is 0 Å². The van der Waals surface area contributed by atoms with E-state index in [1.54, 1.807) is 7.11 Å². The number of methoxy groups -OCH3 is 1. The number of ether oxygens (including phenoxy) is 1. The second-order valence-corrected chi connectivity index (χ2v) is 6.06. The van der Waals surface area contributed by atoms with E-state index in [4.69, 9.17) is 4.74 Å². The van der Waals surface area contributed by atoms with Crippen molar-refractivity contribution >= 4 is 10.9 Å². The standard InChI is InChI=1S/C18H28N2O/c1-15(2)13-19-10-6-7-16-14-20(11-12-21-3)18-9-5-4-8-17(16)18/h4-5,8-9,14-15,19H,6-7,10-13H2,1-3H3. The minimum atomic E-state index is 0.723. The summed E-state index contributed by atoms with van der Waals surface area (Å²) in [5.74, 6) is 0.723. The van der Waals surface area contributed by atoms with Gasteiger partial charge in [0.1, 0.15) is 0 Å². The number of hydrogen-bond donors (Lipinski definition) is 1. The number of aromatic nitrogens is 1. The summed E-state index contributed by atoms with van der Waals surface area (Å²) in [4.78, 5) is 0. The van der Waals surface area contributed by atoms with Crippen LogP contribution in [0.25, 0.3) is 10.9 Å². The van der Waals surface area contributed by atoms with Crippen LogP contribution in [0.3, 0.4) is 0 Å². The molecule has 0 spiro atoms. The molecule has 0 bridgehead atoms. The molecular weight excluding hydrogens is 260 g/mol. The number of fused-ring (bicyclic) bond motifs is 1. The van der Waals surface area contributed by atoms with Crippen molar-refractivity contribution in [3.05, 3.63) is 36.0 Å². The highest BCUT2D eigenvalue weighted by molar-refractivity contribution is 5.83. The van der Waals surface area contributed by atoms with E-state index in [9.17, 15) is 0 Å². The molecule has 0 unspecified atom stereocenters. The van der Waals surface area contributed by atoms with Crippen molar-refractivity contribution in [3.8, 4) is 0 Å². The first kappa shape index (κ1) is 16.1. The monoisotopic (exact) mass is 288 g/mol. The van der Waals surface area contributed by atoms with Crippen molar-refractivity contribution in [3.63, 3.8) is 0 Å². The van der Waals surface area contributed by atoms with Crippen LogP contribution >= 0.6 is 0 Å². The lowest BCUT2D eigenvalue weighted by Gasteiger charge is -2.06. The van der Waals surface area contributed by atoms with Gasteiger partial charge in [-0.1, -0.05) is 32.0 Å². The molecule has 1 heterocycles. The number of aryl methyl sites for hydroxylation is 1. The third-order valence-corrected chi connectivity index (χ3v) is 3.76. The summed E-state index contributed by atoms with van der Waals surface area (Å²) in [6.07, 6.45) is 4.61. The highest BCUT2D eigenvalue weighted by Gasteiger charge is 2.07. The Labute approximate surface area is 128 Å². The molecule has 21 heavy (non-hydrogen) atoms. The fourth-order valence-corrected chi connectivity index (χ4v) is 2.69. The zero-order valence-electron chi connectivity index (χ0n) is 13.6. The Bertz CT molecular complexity index is 545. The van der Waals surface area contributed by atoms with Gasteiger partial charge in [0.05, 0.1) is 6.61 Å². The van der Waals surface area contributed by atoms with Gasteiger partial charge < -0.3 is 14.6 Å². The van der Waals surface area contributed by atoms with Crippen LogP contribution in [0.15, 0.2) is 30.5 Å². The Morgan fingerprint density at radius 3 is 2.81 bits per heavy atom. The molecule has 1 aromatic heterocycles. The first-order valence-electron chi connectivity index (χ1n) is 7.98. The lowest BCUT2D eigenvalue weighted by atomic mass is 10.1. The van der Waals surface area contributed by atoms with Crippen LogP contribution in [0.2, 0.25) is 0 Å². The lowest BCUT2D eigenvalue weighted by molar-refractivity contribution is 0.188. The number of rotatable bonds is 9. The molecule has 3 nitrogen and oxygen atoms in total. The summed E-state index contributed by atoms with van der Waals surface area (Å²) in [5, 5.41) is 4.90. The van der Waals surface area contributed by atoms with Crippen molar-refractivity contribution in [2.45, 2.75) is 33.2 Å². The summed E-state index contributed by atoms with van der Waals surface area (Å²) in [5.41, 5.74) is 2.77. The maximum atomic E-state index is 5.21. The number of hydrogen-bond acceptors (Lipinski definition) is 2. The third kappa shape index (κ3) is 4.58. The van der Waals surface area contributed by atoms with E-state index in [1.165, 1.54) is 22.9 Å².